The number of aliphatic hydroxyl groups excluding tert-OH is 1. The molecular formula is C15H27NO. The fraction of sp³-hybridized carbons (Fsp3) is 1.00. The Bertz CT molecular complexity index is 251. The van der Waals surface area contributed by atoms with E-state index in [9.17, 15) is 5.11 Å². The fourth-order valence-electron chi connectivity index (χ4n) is 5.27. The van der Waals surface area contributed by atoms with Gasteiger partial charge in [-0.2, -0.15) is 0 Å². The first kappa shape index (κ1) is 12.0. The highest BCUT2D eigenvalue weighted by atomic mass is 16.3. The summed E-state index contributed by atoms with van der Waals surface area (Å²) in [5.74, 6) is 3.08. The highest BCUT2D eigenvalue weighted by Crippen LogP contribution is 2.61. The van der Waals surface area contributed by atoms with Crippen molar-refractivity contribution >= 4 is 0 Å². The van der Waals surface area contributed by atoms with Crippen molar-refractivity contribution in [1.29, 1.82) is 0 Å². The molecule has 0 aromatic carbocycles. The van der Waals surface area contributed by atoms with Gasteiger partial charge in [0, 0.05) is 12.6 Å². The lowest BCUT2D eigenvalue weighted by Gasteiger charge is -2.59. The highest BCUT2D eigenvalue weighted by Gasteiger charge is 2.52. The molecule has 0 spiro atoms. The molecule has 1 unspecified atom stereocenters. The number of hydrogen-bond acceptors (Lipinski definition) is 2. The third-order valence-corrected chi connectivity index (χ3v) is 5.72. The van der Waals surface area contributed by atoms with Crippen molar-refractivity contribution in [1.82, 2.24) is 5.32 Å². The van der Waals surface area contributed by atoms with Crippen molar-refractivity contribution in [3.8, 4) is 0 Å². The molecule has 0 heterocycles. The van der Waals surface area contributed by atoms with Crippen LogP contribution in [0.4, 0.5) is 0 Å². The predicted octanol–water partition coefficient (Wildman–Crippen LogP) is 2.56. The minimum atomic E-state index is -0.216. The van der Waals surface area contributed by atoms with Gasteiger partial charge in [0.15, 0.2) is 0 Å². The maximum Gasteiger partial charge on any atom is 0.0636 e. The van der Waals surface area contributed by atoms with Crippen molar-refractivity contribution < 1.29 is 5.11 Å². The van der Waals surface area contributed by atoms with E-state index < -0.39 is 0 Å². The second-order valence-corrected chi connectivity index (χ2v) is 7.26. The Morgan fingerprint density at radius 1 is 1.06 bits per heavy atom. The van der Waals surface area contributed by atoms with Crippen LogP contribution in [0.3, 0.4) is 0 Å². The van der Waals surface area contributed by atoms with Crippen LogP contribution < -0.4 is 5.32 Å². The van der Waals surface area contributed by atoms with E-state index in [1.54, 1.807) is 0 Å². The third kappa shape index (κ3) is 2.15. The Balaban J connectivity index is 1.68. The fourth-order valence-corrected chi connectivity index (χ4v) is 5.27. The molecule has 0 amide bonds. The molecule has 4 aliphatic rings. The first-order valence-corrected chi connectivity index (χ1v) is 7.49. The van der Waals surface area contributed by atoms with E-state index in [2.05, 4.69) is 12.2 Å². The van der Waals surface area contributed by atoms with Gasteiger partial charge in [-0.3, -0.25) is 0 Å². The smallest absolute Gasteiger partial charge is 0.0636 e. The Hall–Kier alpha value is -0.0800. The van der Waals surface area contributed by atoms with Crippen LogP contribution in [-0.4, -0.2) is 23.8 Å². The van der Waals surface area contributed by atoms with Crippen LogP contribution in [0, 0.1) is 23.2 Å². The van der Waals surface area contributed by atoms with Crippen molar-refractivity contribution in [3.63, 3.8) is 0 Å². The van der Waals surface area contributed by atoms with Gasteiger partial charge in [-0.1, -0.05) is 0 Å². The molecule has 2 N–H and O–H groups in total. The minimum absolute atomic E-state index is 0.216. The van der Waals surface area contributed by atoms with Crippen molar-refractivity contribution in [2.45, 2.75) is 64.5 Å². The zero-order valence-corrected chi connectivity index (χ0v) is 11.3. The van der Waals surface area contributed by atoms with E-state index in [4.69, 9.17) is 0 Å². The summed E-state index contributed by atoms with van der Waals surface area (Å²) in [7, 11) is 0. The second kappa shape index (κ2) is 4.24. The van der Waals surface area contributed by atoms with E-state index in [0.29, 0.717) is 11.5 Å². The topological polar surface area (TPSA) is 32.3 Å². The Morgan fingerprint density at radius 3 is 1.94 bits per heavy atom. The van der Waals surface area contributed by atoms with Gasteiger partial charge < -0.3 is 10.4 Å². The summed E-state index contributed by atoms with van der Waals surface area (Å²) in [5, 5.41) is 13.0. The van der Waals surface area contributed by atoms with Crippen LogP contribution in [-0.2, 0) is 0 Å². The Kier molecular flexibility index (Phi) is 2.99. The van der Waals surface area contributed by atoms with E-state index in [0.717, 1.165) is 24.3 Å². The maximum absolute atomic E-state index is 9.42. The number of nitrogens with one attached hydrogen (secondary N) is 1. The van der Waals surface area contributed by atoms with Gasteiger partial charge in [0.25, 0.3) is 0 Å². The molecule has 0 aromatic heterocycles. The standard InChI is InChI=1S/C15H27NO/c1-10(17)9-16-11(2)15-6-12-3-13(7-15)5-14(4-12)8-15/h10-14,16-17H,3-9H2,1-2H3/t10-,11?,12?,13?,14?,15?/m0/s1. The van der Waals surface area contributed by atoms with Gasteiger partial charge in [0.05, 0.1) is 6.10 Å². The van der Waals surface area contributed by atoms with Gasteiger partial charge in [-0.15, -0.1) is 0 Å². The van der Waals surface area contributed by atoms with Crippen molar-refractivity contribution in [2.24, 2.45) is 23.2 Å². The molecule has 4 saturated carbocycles. The summed E-state index contributed by atoms with van der Waals surface area (Å²) in [4.78, 5) is 0. The zero-order chi connectivity index (χ0) is 12.0. The lowest BCUT2D eigenvalue weighted by Crippen LogP contribution is -2.55. The monoisotopic (exact) mass is 237 g/mol. The van der Waals surface area contributed by atoms with Crippen LogP contribution in [0.15, 0.2) is 0 Å². The zero-order valence-electron chi connectivity index (χ0n) is 11.3. The molecule has 98 valence electrons. The van der Waals surface area contributed by atoms with E-state index in [1.165, 1.54) is 38.5 Å². The average Bonchev–Trinajstić information content (AvgIpc) is 2.23. The van der Waals surface area contributed by atoms with Gasteiger partial charge in [0.2, 0.25) is 0 Å². The first-order chi connectivity index (χ1) is 8.07. The lowest BCUT2D eigenvalue weighted by molar-refractivity contribution is -0.0713. The molecular weight excluding hydrogens is 210 g/mol. The number of aliphatic hydroxyl groups is 1. The van der Waals surface area contributed by atoms with E-state index >= 15 is 0 Å². The van der Waals surface area contributed by atoms with Gasteiger partial charge >= 0.3 is 0 Å². The van der Waals surface area contributed by atoms with Crippen LogP contribution in [0.5, 0.6) is 0 Å². The number of hydrogen-bond donors (Lipinski definition) is 2. The lowest BCUT2D eigenvalue weighted by atomic mass is 9.48. The molecule has 4 aliphatic carbocycles. The molecule has 4 fully saturated rings. The van der Waals surface area contributed by atoms with Gasteiger partial charge in [-0.05, 0) is 75.5 Å². The molecule has 2 atom stereocenters. The molecule has 0 aromatic rings. The van der Waals surface area contributed by atoms with Crippen LogP contribution >= 0.6 is 0 Å². The quantitative estimate of drug-likeness (QED) is 0.787. The highest BCUT2D eigenvalue weighted by molar-refractivity contribution is 5.05. The molecule has 0 saturated heterocycles. The Labute approximate surface area is 105 Å². The van der Waals surface area contributed by atoms with Crippen molar-refractivity contribution in [2.75, 3.05) is 6.54 Å². The largest absolute Gasteiger partial charge is 0.392 e. The molecule has 4 bridgehead atoms. The summed E-state index contributed by atoms with van der Waals surface area (Å²) in [6.07, 6.45) is 8.69. The summed E-state index contributed by atoms with van der Waals surface area (Å²) in [5.41, 5.74) is 0.573. The summed E-state index contributed by atoms with van der Waals surface area (Å²) >= 11 is 0. The average molecular weight is 237 g/mol. The molecule has 4 rings (SSSR count). The number of rotatable bonds is 4. The maximum atomic E-state index is 9.42. The summed E-state index contributed by atoms with van der Waals surface area (Å²) in [6, 6.07) is 0.588. The molecule has 2 nitrogen and oxygen atoms in total. The van der Waals surface area contributed by atoms with Crippen LogP contribution in [0.1, 0.15) is 52.4 Å². The molecule has 0 radical (unpaired) electrons. The molecule has 2 heteroatoms. The third-order valence-electron chi connectivity index (χ3n) is 5.72. The van der Waals surface area contributed by atoms with E-state index in [1.807, 2.05) is 6.92 Å². The van der Waals surface area contributed by atoms with Crippen molar-refractivity contribution in [3.05, 3.63) is 0 Å². The minimum Gasteiger partial charge on any atom is -0.392 e. The Morgan fingerprint density at radius 2 is 1.53 bits per heavy atom. The van der Waals surface area contributed by atoms with E-state index in [-0.39, 0.29) is 6.10 Å². The second-order valence-electron chi connectivity index (χ2n) is 7.26. The van der Waals surface area contributed by atoms with Crippen LogP contribution in [0.2, 0.25) is 0 Å². The first-order valence-electron chi connectivity index (χ1n) is 7.49. The van der Waals surface area contributed by atoms with Crippen LogP contribution in [0.25, 0.3) is 0 Å². The van der Waals surface area contributed by atoms with Gasteiger partial charge in [-0.25, -0.2) is 0 Å². The summed E-state index contributed by atoms with van der Waals surface area (Å²) < 4.78 is 0. The normalized spacial score (nSPS) is 47.1. The summed E-state index contributed by atoms with van der Waals surface area (Å²) in [6.45, 7) is 4.98. The molecule has 17 heavy (non-hydrogen) atoms. The molecule has 0 aliphatic heterocycles. The SMILES string of the molecule is CC(NC[C@H](C)O)C12CC3CC(CC(C3)C1)C2. The predicted molar refractivity (Wildman–Crippen MR) is 69.8 cm³/mol. The van der Waals surface area contributed by atoms with Gasteiger partial charge in [0.1, 0.15) is 0 Å².